The molecule has 0 aliphatic heterocycles. The molecule has 5 heteroatoms. The first-order chi connectivity index (χ1) is 7.50. The lowest BCUT2D eigenvalue weighted by Gasteiger charge is -2.05. The van der Waals surface area contributed by atoms with Gasteiger partial charge in [-0.1, -0.05) is 23.2 Å². The monoisotopic (exact) mass is 258 g/mol. The Morgan fingerprint density at radius 1 is 1.25 bits per heavy atom. The molecule has 0 unspecified atom stereocenters. The molecule has 16 heavy (non-hydrogen) atoms. The van der Waals surface area contributed by atoms with Crippen LogP contribution in [0.25, 0.3) is 5.69 Å². The van der Waals surface area contributed by atoms with Crippen LogP contribution in [0.1, 0.15) is 11.4 Å². The topological polar surface area (TPSA) is 17.8 Å². The third kappa shape index (κ3) is 1.81. The van der Waals surface area contributed by atoms with Gasteiger partial charge >= 0.3 is 0 Å². The first-order valence-electron chi connectivity index (χ1n) is 4.68. The molecule has 2 nitrogen and oxygen atoms in total. The van der Waals surface area contributed by atoms with E-state index in [1.807, 2.05) is 13.8 Å². The quantitative estimate of drug-likeness (QED) is 0.758. The average molecular weight is 259 g/mol. The van der Waals surface area contributed by atoms with Gasteiger partial charge in [-0.25, -0.2) is 9.07 Å². The van der Waals surface area contributed by atoms with Gasteiger partial charge in [-0.15, -0.1) is 0 Å². The minimum absolute atomic E-state index is 0.0705. The molecule has 0 N–H and O–H groups in total. The summed E-state index contributed by atoms with van der Waals surface area (Å²) in [5.41, 5.74) is 2.24. The van der Waals surface area contributed by atoms with E-state index in [1.165, 1.54) is 12.1 Å². The Kier molecular flexibility index (Phi) is 2.91. The Morgan fingerprint density at radius 2 is 1.94 bits per heavy atom. The first kappa shape index (κ1) is 11.4. The van der Waals surface area contributed by atoms with E-state index in [2.05, 4.69) is 5.10 Å². The van der Waals surface area contributed by atoms with Gasteiger partial charge in [-0.05, 0) is 32.0 Å². The lowest BCUT2D eigenvalue weighted by atomic mass is 10.3. The van der Waals surface area contributed by atoms with Crippen molar-refractivity contribution in [2.75, 3.05) is 0 Å². The fourth-order valence-electron chi connectivity index (χ4n) is 1.49. The van der Waals surface area contributed by atoms with E-state index in [0.29, 0.717) is 10.7 Å². The van der Waals surface area contributed by atoms with Crippen LogP contribution in [-0.4, -0.2) is 9.78 Å². The van der Waals surface area contributed by atoms with Crippen molar-refractivity contribution in [1.82, 2.24) is 9.78 Å². The van der Waals surface area contributed by atoms with Crippen molar-refractivity contribution in [3.63, 3.8) is 0 Å². The molecule has 0 atom stereocenters. The normalized spacial score (nSPS) is 10.8. The smallest absolute Gasteiger partial charge is 0.141 e. The van der Waals surface area contributed by atoms with E-state index in [1.54, 1.807) is 10.7 Å². The summed E-state index contributed by atoms with van der Waals surface area (Å²) in [6.07, 6.45) is 0. The fourth-order valence-corrected chi connectivity index (χ4v) is 1.78. The number of aryl methyl sites for hydroxylation is 1. The second-order valence-corrected chi connectivity index (χ2v) is 4.28. The molecule has 0 aliphatic carbocycles. The molecule has 1 aromatic heterocycles. The molecule has 84 valence electrons. The molecular formula is C11H9Cl2FN2. The number of halogens is 3. The van der Waals surface area contributed by atoms with E-state index in [0.717, 1.165) is 11.4 Å². The van der Waals surface area contributed by atoms with Crippen LogP contribution in [0.15, 0.2) is 18.2 Å². The summed E-state index contributed by atoms with van der Waals surface area (Å²) in [6, 6.07) is 4.44. The van der Waals surface area contributed by atoms with Gasteiger partial charge in [0.15, 0.2) is 0 Å². The summed E-state index contributed by atoms with van der Waals surface area (Å²) in [5, 5.41) is 4.94. The van der Waals surface area contributed by atoms with Gasteiger partial charge in [0.2, 0.25) is 0 Å². The molecule has 0 fully saturated rings. The van der Waals surface area contributed by atoms with Crippen molar-refractivity contribution >= 4 is 23.2 Å². The van der Waals surface area contributed by atoms with Crippen LogP contribution in [0.2, 0.25) is 10.0 Å². The lowest BCUT2D eigenvalue weighted by Crippen LogP contribution is -1.99. The van der Waals surface area contributed by atoms with Gasteiger partial charge in [0.1, 0.15) is 5.82 Å². The van der Waals surface area contributed by atoms with Gasteiger partial charge in [-0.3, -0.25) is 0 Å². The fraction of sp³-hybridized carbons (Fsp3) is 0.182. The SMILES string of the molecule is Cc1nn(-c2ccc(F)c(Cl)c2)c(C)c1Cl. The number of benzene rings is 1. The van der Waals surface area contributed by atoms with Crippen LogP contribution >= 0.6 is 23.2 Å². The molecule has 0 spiro atoms. The predicted molar refractivity (Wildman–Crippen MR) is 63.0 cm³/mol. The Labute approximate surface area is 103 Å². The third-order valence-corrected chi connectivity index (χ3v) is 3.19. The minimum Gasteiger partial charge on any atom is -0.236 e. The summed E-state index contributed by atoms with van der Waals surface area (Å²) >= 11 is 11.7. The standard InChI is InChI=1S/C11H9Cl2FN2/c1-6-11(13)7(2)16(15-6)8-3-4-10(14)9(12)5-8/h3-5H,1-2H3. The molecule has 2 aromatic rings. The molecule has 0 aliphatic rings. The Morgan fingerprint density at radius 3 is 2.44 bits per heavy atom. The molecule has 0 amide bonds. The van der Waals surface area contributed by atoms with Crippen LogP contribution in [-0.2, 0) is 0 Å². The molecule has 0 saturated heterocycles. The highest BCUT2D eigenvalue weighted by Crippen LogP contribution is 2.24. The maximum Gasteiger partial charge on any atom is 0.141 e. The van der Waals surface area contributed by atoms with E-state index in [4.69, 9.17) is 23.2 Å². The largest absolute Gasteiger partial charge is 0.236 e. The van der Waals surface area contributed by atoms with E-state index < -0.39 is 5.82 Å². The highest BCUT2D eigenvalue weighted by molar-refractivity contribution is 6.32. The van der Waals surface area contributed by atoms with Crippen molar-refractivity contribution < 1.29 is 4.39 Å². The molecular weight excluding hydrogens is 250 g/mol. The zero-order valence-electron chi connectivity index (χ0n) is 8.76. The number of hydrogen-bond donors (Lipinski definition) is 0. The Hall–Kier alpha value is -1.06. The van der Waals surface area contributed by atoms with Crippen LogP contribution in [0.3, 0.4) is 0 Å². The summed E-state index contributed by atoms with van der Waals surface area (Å²) in [5.74, 6) is -0.446. The van der Waals surface area contributed by atoms with Crippen LogP contribution in [0.4, 0.5) is 4.39 Å². The van der Waals surface area contributed by atoms with E-state index in [-0.39, 0.29) is 5.02 Å². The molecule has 1 heterocycles. The van der Waals surface area contributed by atoms with E-state index >= 15 is 0 Å². The van der Waals surface area contributed by atoms with Gasteiger partial charge in [0, 0.05) is 0 Å². The van der Waals surface area contributed by atoms with Gasteiger partial charge in [0.25, 0.3) is 0 Å². The van der Waals surface area contributed by atoms with Crippen molar-refractivity contribution in [2.24, 2.45) is 0 Å². The van der Waals surface area contributed by atoms with Crippen molar-refractivity contribution in [1.29, 1.82) is 0 Å². The Bertz CT molecular complexity index is 549. The number of aromatic nitrogens is 2. The third-order valence-electron chi connectivity index (χ3n) is 2.35. The van der Waals surface area contributed by atoms with Crippen LogP contribution in [0, 0.1) is 19.7 Å². The summed E-state index contributed by atoms with van der Waals surface area (Å²) in [7, 11) is 0. The summed E-state index contributed by atoms with van der Waals surface area (Å²) in [6.45, 7) is 3.66. The van der Waals surface area contributed by atoms with Crippen molar-refractivity contribution in [3.8, 4) is 5.69 Å². The minimum atomic E-state index is -0.446. The second kappa shape index (κ2) is 4.07. The first-order valence-corrected chi connectivity index (χ1v) is 5.43. The average Bonchev–Trinajstić information content (AvgIpc) is 2.50. The summed E-state index contributed by atoms with van der Waals surface area (Å²) in [4.78, 5) is 0. The highest BCUT2D eigenvalue weighted by Gasteiger charge is 2.11. The van der Waals surface area contributed by atoms with Crippen molar-refractivity contribution in [2.45, 2.75) is 13.8 Å². The zero-order chi connectivity index (χ0) is 11.9. The van der Waals surface area contributed by atoms with Gasteiger partial charge < -0.3 is 0 Å². The van der Waals surface area contributed by atoms with Gasteiger partial charge in [0.05, 0.1) is 27.1 Å². The van der Waals surface area contributed by atoms with E-state index in [9.17, 15) is 4.39 Å². The lowest BCUT2D eigenvalue weighted by molar-refractivity contribution is 0.627. The number of rotatable bonds is 1. The predicted octanol–water partition coefficient (Wildman–Crippen LogP) is 3.94. The highest BCUT2D eigenvalue weighted by atomic mass is 35.5. The number of nitrogens with zero attached hydrogens (tertiary/aromatic N) is 2. The maximum atomic E-state index is 13.0. The maximum absolute atomic E-state index is 13.0. The van der Waals surface area contributed by atoms with Crippen molar-refractivity contribution in [3.05, 3.63) is 45.4 Å². The Balaban J connectivity index is 2.59. The van der Waals surface area contributed by atoms with Crippen LogP contribution < -0.4 is 0 Å². The zero-order valence-corrected chi connectivity index (χ0v) is 10.3. The van der Waals surface area contributed by atoms with Crippen LogP contribution in [0.5, 0.6) is 0 Å². The molecule has 0 radical (unpaired) electrons. The van der Waals surface area contributed by atoms with Gasteiger partial charge in [-0.2, -0.15) is 5.10 Å². The summed E-state index contributed by atoms with van der Waals surface area (Å²) < 4.78 is 14.7. The molecule has 2 rings (SSSR count). The molecule has 0 saturated carbocycles. The second-order valence-electron chi connectivity index (χ2n) is 3.50. The molecule has 1 aromatic carbocycles. The molecule has 0 bridgehead atoms. The number of hydrogen-bond acceptors (Lipinski definition) is 1.